The molecule has 0 aromatic heterocycles. The van der Waals surface area contributed by atoms with Gasteiger partial charge in [0, 0.05) is 0 Å². The Morgan fingerprint density at radius 1 is 0.882 bits per heavy atom. The van der Waals surface area contributed by atoms with Crippen molar-refractivity contribution in [2.45, 2.75) is 31.1 Å². The molecule has 4 unspecified atom stereocenters. The number of halogens is 6. The van der Waals surface area contributed by atoms with Crippen molar-refractivity contribution in [1.29, 1.82) is 0 Å². The minimum Gasteiger partial charge on any atom is -0.748 e. The first-order valence-electron chi connectivity index (χ1n) is 3.84. The molecule has 0 spiro atoms. The van der Waals surface area contributed by atoms with E-state index < -0.39 is 47.0 Å². The Balaban J connectivity index is 0. The van der Waals surface area contributed by atoms with Crippen molar-refractivity contribution in [3.05, 3.63) is 0 Å². The standard InChI is InChI=1S/C6H8F6O3S.Na/c7-2(1-16(13,14)15)3(8)4(9)5(10)6(11)12;/h2-6H,1H2,(H,13,14,15);/q;+1/p-1. The van der Waals surface area contributed by atoms with Gasteiger partial charge < -0.3 is 4.55 Å². The molecule has 0 aliphatic carbocycles. The van der Waals surface area contributed by atoms with Crippen molar-refractivity contribution in [2.24, 2.45) is 0 Å². The normalized spacial score (nSPS) is 19.3. The molecule has 0 amide bonds. The molecule has 17 heavy (non-hydrogen) atoms. The van der Waals surface area contributed by atoms with E-state index in [9.17, 15) is 39.3 Å². The van der Waals surface area contributed by atoms with Gasteiger partial charge >= 0.3 is 29.6 Å². The van der Waals surface area contributed by atoms with Gasteiger partial charge in [0.05, 0.1) is 15.9 Å². The molecule has 0 N–H and O–H groups in total. The van der Waals surface area contributed by atoms with Gasteiger partial charge in [-0.2, -0.15) is 0 Å². The molecule has 0 aliphatic heterocycles. The Morgan fingerprint density at radius 3 is 1.59 bits per heavy atom. The van der Waals surface area contributed by atoms with Crippen LogP contribution in [0.4, 0.5) is 26.3 Å². The van der Waals surface area contributed by atoms with Gasteiger partial charge in [-0.05, 0) is 0 Å². The summed E-state index contributed by atoms with van der Waals surface area (Å²) in [5.74, 6) is -1.94. The average molecular weight is 296 g/mol. The van der Waals surface area contributed by atoms with Crippen molar-refractivity contribution in [3.8, 4) is 0 Å². The van der Waals surface area contributed by atoms with Crippen LogP contribution in [-0.2, 0) is 10.1 Å². The number of alkyl halides is 6. The van der Waals surface area contributed by atoms with Crippen LogP contribution in [0.25, 0.3) is 0 Å². The van der Waals surface area contributed by atoms with Gasteiger partial charge in [0.25, 0.3) is 6.43 Å². The molecular weight excluding hydrogens is 289 g/mol. The Morgan fingerprint density at radius 2 is 1.29 bits per heavy atom. The summed E-state index contributed by atoms with van der Waals surface area (Å²) in [6, 6.07) is 0. The number of hydrogen-bond donors (Lipinski definition) is 0. The molecule has 0 saturated heterocycles. The maximum absolute atomic E-state index is 12.6. The molecule has 0 bridgehead atoms. The fourth-order valence-corrected chi connectivity index (χ4v) is 1.37. The smallest absolute Gasteiger partial charge is 0.748 e. The molecule has 3 nitrogen and oxygen atoms in total. The molecule has 0 aliphatic rings. The summed E-state index contributed by atoms with van der Waals surface area (Å²) in [6.07, 6.45) is -17.6. The molecule has 0 fully saturated rings. The maximum atomic E-state index is 12.6. The molecule has 0 aromatic rings. The van der Waals surface area contributed by atoms with E-state index in [0.717, 1.165) is 0 Å². The second kappa shape index (κ2) is 7.82. The van der Waals surface area contributed by atoms with E-state index in [0.29, 0.717) is 0 Å². The van der Waals surface area contributed by atoms with Crippen LogP contribution in [0.3, 0.4) is 0 Å². The molecule has 4 atom stereocenters. The van der Waals surface area contributed by atoms with E-state index in [4.69, 9.17) is 0 Å². The van der Waals surface area contributed by atoms with Crippen molar-refractivity contribution >= 4 is 10.1 Å². The van der Waals surface area contributed by atoms with Gasteiger partial charge in [0.15, 0.2) is 18.5 Å². The predicted octanol–water partition coefficient (Wildman–Crippen LogP) is -1.85. The third-order valence-electron chi connectivity index (χ3n) is 1.56. The minimum absolute atomic E-state index is 0. The first-order valence-corrected chi connectivity index (χ1v) is 5.42. The summed E-state index contributed by atoms with van der Waals surface area (Å²) in [5.41, 5.74) is 0. The van der Waals surface area contributed by atoms with Gasteiger partial charge in [-0.25, -0.2) is 34.8 Å². The molecule has 0 heterocycles. The summed E-state index contributed by atoms with van der Waals surface area (Å²) in [4.78, 5) is 0. The number of rotatable bonds is 6. The Bertz CT molecular complexity index is 313. The molecular formula is C6H7F6NaO3S. The summed E-state index contributed by atoms with van der Waals surface area (Å²) in [7, 11) is -5.19. The summed E-state index contributed by atoms with van der Waals surface area (Å²) in [6.45, 7) is 0. The van der Waals surface area contributed by atoms with Crippen LogP contribution in [0.1, 0.15) is 0 Å². The van der Waals surface area contributed by atoms with Gasteiger partial charge in [0.2, 0.25) is 0 Å². The van der Waals surface area contributed by atoms with Crippen LogP contribution >= 0.6 is 0 Å². The SMILES string of the molecule is O=S(=O)([O-])CC(F)C(F)C(F)C(F)C(F)F.[Na+]. The first-order chi connectivity index (χ1) is 7.06. The second-order valence-corrected chi connectivity index (χ2v) is 4.36. The van der Waals surface area contributed by atoms with E-state index in [1.165, 1.54) is 0 Å². The Kier molecular flexibility index (Phi) is 9.12. The topological polar surface area (TPSA) is 57.2 Å². The van der Waals surface area contributed by atoms with Crippen LogP contribution in [0, 0.1) is 0 Å². The molecule has 0 saturated carbocycles. The summed E-state index contributed by atoms with van der Waals surface area (Å²) < 4.78 is 103. The van der Waals surface area contributed by atoms with E-state index in [1.807, 2.05) is 0 Å². The Hall–Kier alpha value is 0.490. The van der Waals surface area contributed by atoms with Gasteiger partial charge in [-0.1, -0.05) is 0 Å². The maximum Gasteiger partial charge on any atom is 1.00 e. The van der Waals surface area contributed by atoms with E-state index in [-0.39, 0.29) is 29.6 Å². The van der Waals surface area contributed by atoms with Crippen molar-refractivity contribution < 1.29 is 68.9 Å². The van der Waals surface area contributed by atoms with Crippen molar-refractivity contribution in [1.82, 2.24) is 0 Å². The van der Waals surface area contributed by atoms with Crippen LogP contribution in [0.15, 0.2) is 0 Å². The zero-order valence-electron chi connectivity index (χ0n) is 8.49. The Labute approximate surface area is 116 Å². The molecule has 0 aromatic carbocycles. The quantitative estimate of drug-likeness (QED) is 0.329. The van der Waals surface area contributed by atoms with E-state index >= 15 is 0 Å². The molecule has 11 heteroatoms. The third-order valence-corrected chi connectivity index (χ3v) is 2.28. The fourth-order valence-electron chi connectivity index (χ4n) is 0.801. The summed E-state index contributed by atoms with van der Waals surface area (Å²) in [5, 5.41) is 0. The first kappa shape index (κ1) is 19.8. The predicted molar refractivity (Wildman–Crippen MR) is 40.2 cm³/mol. The van der Waals surface area contributed by atoms with E-state index in [1.54, 1.807) is 0 Å². The van der Waals surface area contributed by atoms with Crippen LogP contribution < -0.4 is 29.6 Å². The van der Waals surface area contributed by atoms with Crippen LogP contribution in [0.2, 0.25) is 0 Å². The summed E-state index contributed by atoms with van der Waals surface area (Å²) >= 11 is 0. The van der Waals surface area contributed by atoms with E-state index in [2.05, 4.69) is 0 Å². The zero-order valence-corrected chi connectivity index (χ0v) is 11.3. The van der Waals surface area contributed by atoms with Gasteiger partial charge in [0.1, 0.15) is 6.17 Å². The van der Waals surface area contributed by atoms with Crippen LogP contribution in [-0.4, -0.2) is 49.8 Å². The number of hydrogen-bond acceptors (Lipinski definition) is 3. The monoisotopic (exact) mass is 296 g/mol. The van der Waals surface area contributed by atoms with Crippen molar-refractivity contribution in [3.63, 3.8) is 0 Å². The van der Waals surface area contributed by atoms with Gasteiger partial charge in [-0.15, -0.1) is 0 Å². The average Bonchev–Trinajstić information content (AvgIpc) is 2.11. The largest absolute Gasteiger partial charge is 1.00 e. The van der Waals surface area contributed by atoms with Gasteiger partial charge in [-0.3, -0.25) is 0 Å². The fraction of sp³-hybridized carbons (Fsp3) is 1.00. The molecule has 0 radical (unpaired) electrons. The zero-order chi connectivity index (χ0) is 13.1. The third kappa shape index (κ3) is 7.50. The molecule has 98 valence electrons. The molecule has 0 rings (SSSR count). The van der Waals surface area contributed by atoms with Crippen LogP contribution in [0.5, 0.6) is 0 Å². The minimum atomic E-state index is -5.19. The van der Waals surface area contributed by atoms with Crippen molar-refractivity contribution in [2.75, 3.05) is 5.75 Å². The second-order valence-electron chi connectivity index (χ2n) is 2.91.